The summed E-state index contributed by atoms with van der Waals surface area (Å²) < 4.78 is 0. The lowest BCUT2D eigenvalue weighted by Gasteiger charge is -2.20. The molecule has 142 valence electrons. The third kappa shape index (κ3) is 3.33. The van der Waals surface area contributed by atoms with E-state index >= 15 is 0 Å². The lowest BCUT2D eigenvalue weighted by atomic mass is 10.2. The van der Waals surface area contributed by atoms with Crippen LogP contribution in [0.5, 0.6) is 0 Å². The molecule has 5 rings (SSSR count). The Labute approximate surface area is 167 Å². The zero-order chi connectivity index (χ0) is 18.8. The van der Waals surface area contributed by atoms with E-state index in [2.05, 4.69) is 37.7 Å². The molecule has 0 aliphatic carbocycles. The number of anilines is 2. The van der Waals surface area contributed by atoms with Crippen LogP contribution in [0.1, 0.15) is 18.5 Å². The largest absolute Gasteiger partial charge is 0.367 e. The van der Waals surface area contributed by atoms with Crippen LogP contribution in [0.3, 0.4) is 0 Å². The molecule has 3 aromatic heterocycles. The number of nitrogens with zero attached hydrogens (tertiary/aromatic N) is 4. The number of imidazole rings is 1. The fraction of sp³-hybridized carbons (Fsp3) is 0.286. The molecule has 6 nitrogen and oxygen atoms in total. The Hall–Kier alpha value is -2.93. The molecule has 0 amide bonds. The van der Waals surface area contributed by atoms with Crippen LogP contribution >= 0.6 is 11.3 Å². The van der Waals surface area contributed by atoms with Crippen LogP contribution in [0.4, 0.5) is 11.6 Å². The maximum absolute atomic E-state index is 4.91. The number of aromatic nitrogens is 4. The Morgan fingerprint density at radius 3 is 2.64 bits per heavy atom. The summed E-state index contributed by atoms with van der Waals surface area (Å²) >= 11 is 1.71. The minimum atomic E-state index is 0.772. The number of aromatic amines is 1. The number of benzene rings is 1. The second-order valence-electron chi connectivity index (χ2n) is 6.96. The van der Waals surface area contributed by atoms with E-state index in [0.29, 0.717) is 0 Å². The Bertz CT molecular complexity index is 1070. The molecule has 0 saturated carbocycles. The van der Waals surface area contributed by atoms with E-state index in [1.165, 1.54) is 17.7 Å². The second kappa shape index (κ2) is 7.59. The summed E-state index contributed by atoms with van der Waals surface area (Å²) in [4.78, 5) is 21.1. The van der Waals surface area contributed by atoms with E-state index in [1.54, 1.807) is 17.7 Å². The SMILES string of the molecule is c1csc(-c2nc[nH]c2CCNc2nc3ccccc3nc2N2CCCC2)c1. The van der Waals surface area contributed by atoms with Crippen molar-refractivity contribution in [3.8, 4) is 10.6 Å². The van der Waals surface area contributed by atoms with Gasteiger partial charge in [0.2, 0.25) is 0 Å². The van der Waals surface area contributed by atoms with Crippen LogP contribution in [0.15, 0.2) is 48.1 Å². The lowest BCUT2D eigenvalue weighted by molar-refractivity contribution is 0.922. The van der Waals surface area contributed by atoms with E-state index in [9.17, 15) is 0 Å². The molecule has 0 atom stereocenters. The summed E-state index contributed by atoms with van der Waals surface area (Å²) in [7, 11) is 0. The molecular formula is C21H22N6S. The lowest BCUT2D eigenvalue weighted by Crippen LogP contribution is -2.22. The molecule has 0 radical (unpaired) electrons. The maximum atomic E-state index is 4.91. The quantitative estimate of drug-likeness (QED) is 0.513. The Morgan fingerprint density at radius 2 is 1.86 bits per heavy atom. The average molecular weight is 391 g/mol. The Kier molecular flexibility index (Phi) is 4.66. The van der Waals surface area contributed by atoms with Crippen LogP contribution in [0.2, 0.25) is 0 Å². The van der Waals surface area contributed by atoms with Crippen LogP contribution < -0.4 is 10.2 Å². The molecule has 1 fully saturated rings. The number of para-hydroxylation sites is 2. The van der Waals surface area contributed by atoms with Gasteiger partial charge in [0.05, 0.1) is 22.2 Å². The van der Waals surface area contributed by atoms with Gasteiger partial charge in [0, 0.05) is 31.7 Å². The van der Waals surface area contributed by atoms with Gasteiger partial charge in [0.25, 0.3) is 0 Å². The van der Waals surface area contributed by atoms with Gasteiger partial charge in [-0.15, -0.1) is 11.3 Å². The highest BCUT2D eigenvalue weighted by Gasteiger charge is 2.19. The number of fused-ring (bicyclic) bond motifs is 1. The third-order valence-corrected chi connectivity index (χ3v) is 5.97. The normalized spacial score (nSPS) is 14.1. The Morgan fingerprint density at radius 1 is 1.04 bits per heavy atom. The van der Waals surface area contributed by atoms with Crippen molar-refractivity contribution in [2.45, 2.75) is 19.3 Å². The summed E-state index contributed by atoms with van der Waals surface area (Å²) in [6.45, 7) is 2.87. The first kappa shape index (κ1) is 17.2. The summed E-state index contributed by atoms with van der Waals surface area (Å²) in [6, 6.07) is 12.2. The molecule has 1 aromatic carbocycles. The van der Waals surface area contributed by atoms with Crippen molar-refractivity contribution >= 4 is 34.0 Å². The maximum Gasteiger partial charge on any atom is 0.172 e. The molecule has 28 heavy (non-hydrogen) atoms. The van der Waals surface area contributed by atoms with E-state index in [0.717, 1.165) is 60.1 Å². The molecule has 7 heteroatoms. The zero-order valence-corrected chi connectivity index (χ0v) is 16.4. The molecule has 1 aliphatic heterocycles. The zero-order valence-electron chi connectivity index (χ0n) is 15.6. The van der Waals surface area contributed by atoms with Crippen LogP contribution in [-0.2, 0) is 6.42 Å². The van der Waals surface area contributed by atoms with Crippen molar-refractivity contribution in [3.63, 3.8) is 0 Å². The van der Waals surface area contributed by atoms with Crippen molar-refractivity contribution in [2.24, 2.45) is 0 Å². The number of H-pyrrole nitrogens is 1. The number of thiophene rings is 1. The van der Waals surface area contributed by atoms with E-state index in [4.69, 9.17) is 9.97 Å². The highest BCUT2D eigenvalue weighted by atomic mass is 32.1. The van der Waals surface area contributed by atoms with Gasteiger partial charge in [-0.05, 0) is 36.4 Å². The predicted octanol–water partition coefficient (Wildman–Crippen LogP) is 4.34. The van der Waals surface area contributed by atoms with Gasteiger partial charge in [0.15, 0.2) is 11.6 Å². The minimum Gasteiger partial charge on any atom is -0.367 e. The fourth-order valence-electron chi connectivity index (χ4n) is 3.70. The van der Waals surface area contributed by atoms with Gasteiger partial charge in [-0.25, -0.2) is 15.0 Å². The summed E-state index contributed by atoms with van der Waals surface area (Å²) in [5.74, 6) is 1.84. The van der Waals surface area contributed by atoms with Crippen molar-refractivity contribution in [2.75, 3.05) is 29.9 Å². The smallest absolute Gasteiger partial charge is 0.172 e. The average Bonchev–Trinajstić information content (AvgIpc) is 3.49. The molecule has 2 N–H and O–H groups in total. The monoisotopic (exact) mass is 390 g/mol. The van der Waals surface area contributed by atoms with Crippen molar-refractivity contribution in [1.29, 1.82) is 0 Å². The third-order valence-electron chi connectivity index (χ3n) is 5.10. The van der Waals surface area contributed by atoms with Crippen molar-refractivity contribution in [3.05, 3.63) is 53.8 Å². The molecule has 0 unspecified atom stereocenters. The molecule has 1 saturated heterocycles. The topological polar surface area (TPSA) is 69.7 Å². The summed E-state index contributed by atoms with van der Waals surface area (Å²) in [6.07, 6.45) is 5.05. The van der Waals surface area contributed by atoms with Gasteiger partial charge in [-0.3, -0.25) is 0 Å². The van der Waals surface area contributed by atoms with Gasteiger partial charge in [-0.1, -0.05) is 18.2 Å². The van der Waals surface area contributed by atoms with Gasteiger partial charge in [-0.2, -0.15) is 0 Å². The molecular weight excluding hydrogens is 368 g/mol. The van der Waals surface area contributed by atoms with Crippen LogP contribution in [0, 0.1) is 0 Å². The standard InChI is InChI=1S/C21H22N6S/c1-2-7-16-15(6-1)25-20(21(26-16)27-11-3-4-12-27)22-10-9-17-19(24-14-23-17)18-8-5-13-28-18/h1-2,5-8,13-14H,3-4,9-12H2,(H,22,25)(H,23,24). The second-order valence-corrected chi connectivity index (χ2v) is 7.91. The first-order valence-corrected chi connectivity index (χ1v) is 10.6. The minimum absolute atomic E-state index is 0.772. The molecule has 1 aliphatic rings. The van der Waals surface area contributed by atoms with Gasteiger partial charge in [0.1, 0.15) is 5.69 Å². The van der Waals surface area contributed by atoms with E-state index in [1.807, 2.05) is 24.3 Å². The van der Waals surface area contributed by atoms with Gasteiger partial charge >= 0.3 is 0 Å². The molecule has 4 heterocycles. The number of hydrogen-bond donors (Lipinski definition) is 2. The van der Waals surface area contributed by atoms with E-state index < -0.39 is 0 Å². The van der Waals surface area contributed by atoms with Crippen LogP contribution in [-0.4, -0.2) is 39.6 Å². The predicted molar refractivity (Wildman–Crippen MR) is 115 cm³/mol. The highest BCUT2D eigenvalue weighted by Crippen LogP contribution is 2.28. The summed E-state index contributed by atoms with van der Waals surface area (Å²) in [5.41, 5.74) is 4.06. The van der Waals surface area contributed by atoms with Crippen LogP contribution in [0.25, 0.3) is 21.6 Å². The van der Waals surface area contributed by atoms with Gasteiger partial charge < -0.3 is 15.2 Å². The summed E-state index contributed by atoms with van der Waals surface area (Å²) in [5, 5.41) is 5.62. The first-order valence-electron chi connectivity index (χ1n) is 9.70. The number of hydrogen-bond acceptors (Lipinski definition) is 6. The van der Waals surface area contributed by atoms with E-state index in [-0.39, 0.29) is 0 Å². The number of rotatable bonds is 6. The van der Waals surface area contributed by atoms with Crippen molar-refractivity contribution in [1.82, 2.24) is 19.9 Å². The fourth-order valence-corrected chi connectivity index (χ4v) is 4.45. The Balaban J connectivity index is 1.38. The molecule has 4 aromatic rings. The first-order chi connectivity index (χ1) is 13.9. The highest BCUT2D eigenvalue weighted by molar-refractivity contribution is 7.13. The molecule has 0 bridgehead atoms. The molecule has 0 spiro atoms. The van der Waals surface area contributed by atoms with Crippen molar-refractivity contribution < 1.29 is 0 Å². The number of nitrogens with one attached hydrogen (secondary N) is 2.